The Morgan fingerprint density at radius 1 is 0.500 bits per heavy atom. The molecule has 0 saturated heterocycles. The average Bonchev–Trinajstić information content (AvgIpc) is 3.14. The first-order valence-corrected chi connectivity index (χ1v) is 20.7. The molecule has 4 N–H and O–H groups in total. The summed E-state index contributed by atoms with van der Waals surface area (Å²) in [4.78, 5) is 66.8. The van der Waals surface area contributed by atoms with Crippen molar-refractivity contribution in [3.8, 4) is 0 Å². The molecule has 0 spiro atoms. The van der Waals surface area contributed by atoms with Crippen LogP contribution in [0, 0.1) is 27.7 Å². The largest absolute Gasteiger partial charge is 0.324 e. The highest BCUT2D eigenvalue weighted by atomic mass is 32.2. The Morgan fingerprint density at radius 2 is 0.800 bits per heavy atom. The molecular formula is C38H38N12O8S2. The van der Waals surface area contributed by atoms with Crippen molar-refractivity contribution in [1.82, 2.24) is 19.9 Å². The zero-order chi connectivity index (χ0) is 43.8. The number of aryl methyl sites for hydroxylation is 4. The van der Waals surface area contributed by atoms with Crippen LogP contribution >= 0.6 is 0 Å². The first kappa shape index (κ1) is 43.9. The standard InChI is InChI=1S/C38H38N12O8S2/c1-21-19-22(2)40-37(39-21)49-59(55,56)31-15-11-29(12-16-31)45-47-33(25(5)51)35(53)43-27-7-9-28(10-8-27)44-36(54)34(26(6)52)48-46-30-13-17-32(18-14-30)60(57,58)50-38-41-23(3)20-24(4)42-38/h7-20,33-34H,1-6H3,(H,43,53)(H,44,54)(H,39,40,49)(H,41,42,50). The van der Waals surface area contributed by atoms with E-state index in [1.165, 1.54) is 72.8 Å². The Kier molecular flexibility index (Phi) is 13.6. The van der Waals surface area contributed by atoms with Crippen molar-refractivity contribution in [2.24, 2.45) is 20.5 Å². The van der Waals surface area contributed by atoms with Crippen LogP contribution in [0.3, 0.4) is 0 Å². The van der Waals surface area contributed by atoms with Gasteiger partial charge < -0.3 is 10.6 Å². The Bertz CT molecular complexity index is 2500. The lowest BCUT2D eigenvalue weighted by Gasteiger charge is -2.12. The predicted octanol–water partition coefficient (Wildman–Crippen LogP) is 5.46. The number of nitrogens with one attached hydrogen (secondary N) is 4. The molecule has 310 valence electrons. The van der Waals surface area contributed by atoms with E-state index < -0.39 is 55.5 Å². The molecule has 2 heterocycles. The maximum Gasteiger partial charge on any atom is 0.264 e. The summed E-state index contributed by atoms with van der Waals surface area (Å²) in [6, 6.07) is 16.5. The molecule has 2 amide bonds. The van der Waals surface area contributed by atoms with Crippen molar-refractivity contribution in [3.05, 3.63) is 108 Å². The number of ketones is 2. The number of sulfonamides is 2. The van der Waals surface area contributed by atoms with E-state index in [0.717, 1.165) is 13.8 Å². The monoisotopic (exact) mass is 854 g/mol. The maximum absolute atomic E-state index is 13.0. The summed E-state index contributed by atoms with van der Waals surface area (Å²) in [6.07, 6.45) is 0. The van der Waals surface area contributed by atoms with Gasteiger partial charge in [-0.05, 0) is 126 Å². The van der Waals surface area contributed by atoms with Gasteiger partial charge in [-0.25, -0.2) is 46.2 Å². The molecule has 2 unspecified atom stereocenters. The number of nitrogens with zero attached hydrogens (tertiary/aromatic N) is 8. The highest BCUT2D eigenvalue weighted by molar-refractivity contribution is 7.93. The molecule has 0 aliphatic carbocycles. The number of hydrogen-bond acceptors (Lipinski definition) is 16. The number of rotatable bonds is 16. The van der Waals surface area contributed by atoms with Crippen molar-refractivity contribution >= 4 is 78.1 Å². The lowest BCUT2D eigenvalue weighted by Crippen LogP contribution is -2.32. The highest BCUT2D eigenvalue weighted by Gasteiger charge is 2.25. The second-order valence-electron chi connectivity index (χ2n) is 13.2. The van der Waals surface area contributed by atoms with Crippen molar-refractivity contribution in [2.45, 2.75) is 63.4 Å². The third-order valence-corrected chi connectivity index (χ3v) is 10.7. The van der Waals surface area contributed by atoms with E-state index >= 15 is 0 Å². The molecule has 0 fully saturated rings. The molecule has 5 rings (SSSR count). The molecule has 22 heteroatoms. The van der Waals surface area contributed by atoms with Gasteiger partial charge in [-0.15, -0.1) is 0 Å². The number of anilines is 4. The molecule has 20 nitrogen and oxygen atoms in total. The van der Waals surface area contributed by atoms with Gasteiger partial charge in [-0.2, -0.15) is 20.5 Å². The normalized spacial score (nSPS) is 12.8. The van der Waals surface area contributed by atoms with Gasteiger partial charge in [0.05, 0.1) is 21.2 Å². The number of azo groups is 2. The van der Waals surface area contributed by atoms with Crippen LogP contribution in [0.5, 0.6) is 0 Å². The van der Waals surface area contributed by atoms with Crippen molar-refractivity contribution in [2.75, 3.05) is 20.1 Å². The van der Waals surface area contributed by atoms with E-state index in [2.05, 4.69) is 60.5 Å². The van der Waals surface area contributed by atoms with Crippen molar-refractivity contribution in [1.29, 1.82) is 0 Å². The van der Waals surface area contributed by atoms with Gasteiger partial charge >= 0.3 is 0 Å². The molecule has 60 heavy (non-hydrogen) atoms. The fourth-order valence-electron chi connectivity index (χ4n) is 5.23. The number of Topliss-reactive ketones (excluding diaryl/α,β-unsaturated/α-hetero) is 2. The van der Waals surface area contributed by atoms with Crippen LogP contribution in [0.1, 0.15) is 36.6 Å². The van der Waals surface area contributed by atoms with Gasteiger partial charge in [0, 0.05) is 34.2 Å². The van der Waals surface area contributed by atoms with Crippen LogP contribution in [0.25, 0.3) is 0 Å². The van der Waals surface area contributed by atoms with E-state index in [0.29, 0.717) is 22.8 Å². The molecular weight excluding hydrogens is 817 g/mol. The number of aromatic nitrogens is 4. The molecule has 3 aromatic carbocycles. The zero-order valence-electron chi connectivity index (χ0n) is 32.9. The first-order chi connectivity index (χ1) is 28.3. The fourth-order valence-corrected chi connectivity index (χ4v) is 7.12. The number of carbonyl (C=O) groups is 4. The highest BCUT2D eigenvalue weighted by Crippen LogP contribution is 2.22. The van der Waals surface area contributed by atoms with Gasteiger partial charge in [0.25, 0.3) is 31.9 Å². The number of carbonyl (C=O) groups excluding carboxylic acids is 4. The van der Waals surface area contributed by atoms with E-state index in [4.69, 9.17) is 0 Å². The average molecular weight is 855 g/mol. The van der Waals surface area contributed by atoms with Gasteiger partial charge in [-0.1, -0.05) is 0 Å². The summed E-state index contributed by atoms with van der Waals surface area (Å²) in [6.45, 7) is 9.14. The van der Waals surface area contributed by atoms with Crippen LogP contribution in [0.15, 0.2) is 115 Å². The quantitative estimate of drug-likeness (QED) is 0.0711. The zero-order valence-corrected chi connectivity index (χ0v) is 34.5. The lowest BCUT2D eigenvalue weighted by molar-refractivity contribution is -0.127. The Hall–Kier alpha value is -7.20. The minimum Gasteiger partial charge on any atom is -0.324 e. The second kappa shape index (κ2) is 18.6. The van der Waals surface area contributed by atoms with Gasteiger partial charge in [-0.3, -0.25) is 19.2 Å². The third-order valence-electron chi connectivity index (χ3n) is 7.97. The molecule has 2 atom stereocenters. The lowest BCUT2D eigenvalue weighted by atomic mass is 10.2. The number of amides is 2. The Morgan fingerprint density at radius 3 is 1.08 bits per heavy atom. The Labute approximate surface area is 344 Å². The van der Waals surface area contributed by atoms with E-state index in [1.54, 1.807) is 39.8 Å². The van der Waals surface area contributed by atoms with E-state index in [1.807, 2.05) is 0 Å². The maximum atomic E-state index is 13.0. The minimum atomic E-state index is -4.03. The Balaban J connectivity index is 1.17. The molecule has 0 bridgehead atoms. The van der Waals surface area contributed by atoms with Crippen LogP contribution in [0.4, 0.5) is 34.6 Å². The van der Waals surface area contributed by atoms with Crippen LogP contribution in [-0.4, -0.2) is 72.2 Å². The molecule has 2 aromatic heterocycles. The minimum absolute atomic E-state index is 0.0791. The summed E-state index contributed by atoms with van der Waals surface area (Å²) in [7, 11) is -8.07. The molecule has 0 aliphatic rings. The summed E-state index contributed by atoms with van der Waals surface area (Å²) in [5.74, 6) is -3.03. The van der Waals surface area contributed by atoms with Crippen LogP contribution in [-0.2, 0) is 39.2 Å². The van der Waals surface area contributed by atoms with Gasteiger partial charge in [0.15, 0.2) is 11.6 Å². The van der Waals surface area contributed by atoms with E-state index in [9.17, 15) is 36.0 Å². The van der Waals surface area contributed by atoms with Crippen LogP contribution in [0.2, 0.25) is 0 Å². The summed E-state index contributed by atoms with van der Waals surface area (Å²) < 4.78 is 56.0. The smallest absolute Gasteiger partial charge is 0.264 e. The van der Waals surface area contributed by atoms with Gasteiger partial charge in [0.1, 0.15) is 0 Å². The summed E-state index contributed by atoms with van der Waals surface area (Å²) >= 11 is 0. The summed E-state index contributed by atoms with van der Waals surface area (Å²) in [5.41, 5.74) is 3.14. The SMILES string of the molecule is CC(=O)C(N=Nc1ccc(S(=O)(=O)Nc2nc(C)cc(C)n2)cc1)C(=O)Nc1ccc(NC(=O)C(N=Nc2ccc(S(=O)(=O)Nc3nc(C)cc(C)n3)cc2)C(C)=O)cc1. The van der Waals surface area contributed by atoms with Crippen LogP contribution < -0.4 is 20.1 Å². The van der Waals surface area contributed by atoms with E-state index in [-0.39, 0.29) is 44.4 Å². The topological polar surface area (TPSA) is 286 Å². The molecule has 5 aromatic rings. The number of hydrogen-bond donors (Lipinski definition) is 4. The first-order valence-electron chi connectivity index (χ1n) is 17.7. The molecule has 0 aliphatic heterocycles. The molecule has 0 saturated carbocycles. The summed E-state index contributed by atoms with van der Waals surface area (Å²) in [5, 5.41) is 20.7. The number of benzene rings is 3. The third kappa shape index (κ3) is 11.9. The second-order valence-corrected chi connectivity index (χ2v) is 16.5. The fraction of sp³-hybridized carbons (Fsp3) is 0.211. The van der Waals surface area contributed by atoms with Gasteiger partial charge in [0.2, 0.25) is 24.0 Å². The predicted molar refractivity (Wildman–Crippen MR) is 219 cm³/mol. The van der Waals surface area contributed by atoms with Crippen molar-refractivity contribution in [3.63, 3.8) is 0 Å². The molecule has 0 radical (unpaired) electrons. The van der Waals surface area contributed by atoms with Crippen molar-refractivity contribution < 1.29 is 36.0 Å².